The molecule has 6 nitrogen and oxygen atoms in total. The minimum atomic E-state index is -0.0615. The van der Waals surface area contributed by atoms with Crippen LogP contribution in [0.15, 0.2) is 54.6 Å². The van der Waals surface area contributed by atoms with Crippen molar-refractivity contribution in [1.29, 1.82) is 0 Å². The second-order valence-electron chi connectivity index (χ2n) is 6.85. The van der Waals surface area contributed by atoms with E-state index < -0.39 is 0 Å². The van der Waals surface area contributed by atoms with Crippen molar-refractivity contribution >= 4 is 5.91 Å². The van der Waals surface area contributed by atoms with Crippen molar-refractivity contribution in [1.82, 2.24) is 14.7 Å². The summed E-state index contributed by atoms with van der Waals surface area (Å²) in [5.74, 6) is 1.30. The largest absolute Gasteiger partial charge is 0.497 e. The van der Waals surface area contributed by atoms with E-state index >= 15 is 0 Å². The quantitative estimate of drug-likeness (QED) is 0.574. The minimum absolute atomic E-state index is 0.0615. The average molecular weight is 393 g/mol. The van der Waals surface area contributed by atoms with Crippen LogP contribution in [0.1, 0.15) is 29.4 Å². The summed E-state index contributed by atoms with van der Waals surface area (Å²) in [6, 6.07) is 17.4. The first-order valence-corrected chi connectivity index (χ1v) is 9.67. The highest BCUT2D eigenvalue weighted by molar-refractivity contribution is 5.93. The molecule has 3 aromatic rings. The Morgan fingerprint density at radius 2 is 1.83 bits per heavy atom. The number of benzene rings is 2. The number of amides is 1. The molecule has 0 N–H and O–H groups in total. The van der Waals surface area contributed by atoms with E-state index in [9.17, 15) is 4.79 Å². The minimum Gasteiger partial charge on any atom is -0.497 e. The predicted octanol–water partition coefficient (Wildman–Crippen LogP) is 4.25. The van der Waals surface area contributed by atoms with E-state index in [1.54, 1.807) is 23.8 Å². The van der Waals surface area contributed by atoms with Crippen LogP contribution < -0.4 is 9.47 Å². The molecule has 1 heterocycles. The molecule has 0 spiro atoms. The molecule has 29 heavy (non-hydrogen) atoms. The van der Waals surface area contributed by atoms with Gasteiger partial charge in [0.1, 0.15) is 17.2 Å². The number of hydrogen-bond acceptors (Lipinski definition) is 4. The van der Waals surface area contributed by atoms with Crippen LogP contribution in [0.2, 0.25) is 0 Å². The molecule has 0 saturated heterocycles. The maximum atomic E-state index is 13.2. The molecule has 0 aliphatic heterocycles. The standard InChI is InChI=1S/C23H27N3O3/c1-5-13-26-21(23(27)25(2)16-17-9-7-6-8-10-17)15-20(24-26)19-12-11-18(28-3)14-22(19)29-4/h6-12,14-15H,5,13,16H2,1-4H3. The molecule has 0 saturated carbocycles. The zero-order valence-corrected chi connectivity index (χ0v) is 17.4. The number of methoxy groups -OCH3 is 2. The summed E-state index contributed by atoms with van der Waals surface area (Å²) in [6.07, 6.45) is 0.879. The zero-order valence-electron chi connectivity index (χ0n) is 17.4. The van der Waals surface area contributed by atoms with Crippen LogP contribution in [0.4, 0.5) is 0 Å². The Balaban J connectivity index is 1.93. The molecule has 2 aromatic carbocycles. The van der Waals surface area contributed by atoms with Crippen molar-refractivity contribution in [3.63, 3.8) is 0 Å². The fraction of sp³-hybridized carbons (Fsp3) is 0.304. The maximum Gasteiger partial charge on any atom is 0.272 e. The van der Waals surface area contributed by atoms with Crippen molar-refractivity contribution in [2.45, 2.75) is 26.4 Å². The molecule has 0 aliphatic carbocycles. The van der Waals surface area contributed by atoms with Crippen LogP contribution in [-0.2, 0) is 13.1 Å². The molecule has 1 amide bonds. The van der Waals surface area contributed by atoms with Crippen molar-refractivity contribution in [3.8, 4) is 22.8 Å². The molecule has 0 unspecified atom stereocenters. The lowest BCUT2D eigenvalue weighted by atomic mass is 10.1. The summed E-state index contributed by atoms with van der Waals surface area (Å²) >= 11 is 0. The number of aromatic nitrogens is 2. The highest BCUT2D eigenvalue weighted by Gasteiger charge is 2.21. The van der Waals surface area contributed by atoms with E-state index in [-0.39, 0.29) is 5.91 Å². The topological polar surface area (TPSA) is 56.6 Å². The summed E-state index contributed by atoms with van der Waals surface area (Å²) in [5.41, 5.74) is 3.18. The van der Waals surface area contributed by atoms with Gasteiger partial charge in [-0.3, -0.25) is 9.48 Å². The molecule has 1 aromatic heterocycles. The Morgan fingerprint density at radius 3 is 2.48 bits per heavy atom. The van der Waals surface area contributed by atoms with Crippen LogP contribution in [0.25, 0.3) is 11.3 Å². The highest BCUT2D eigenvalue weighted by Crippen LogP contribution is 2.33. The maximum absolute atomic E-state index is 13.2. The predicted molar refractivity (Wildman–Crippen MR) is 113 cm³/mol. The Kier molecular flexibility index (Phi) is 6.54. The van der Waals surface area contributed by atoms with Gasteiger partial charge < -0.3 is 14.4 Å². The zero-order chi connectivity index (χ0) is 20.8. The molecular formula is C23H27N3O3. The molecule has 3 rings (SSSR count). The third-order valence-electron chi connectivity index (χ3n) is 4.73. The summed E-state index contributed by atoms with van der Waals surface area (Å²) < 4.78 is 12.6. The first kappa shape index (κ1) is 20.5. The van der Waals surface area contributed by atoms with Crippen LogP contribution in [0, 0.1) is 0 Å². The highest BCUT2D eigenvalue weighted by atomic mass is 16.5. The van der Waals surface area contributed by atoms with E-state index in [1.165, 1.54) is 0 Å². The van der Waals surface area contributed by atoms with Gasteiger partial charge in [-0.15, -0.1) is 0 Å². The second-order valence-corrected chi connectivity index (χ2v) is 6.85. The van der Waals surface area contributed by atoms with E-state index in [0.29, 0.717) is 36.0 Å². The molecular weight excluding hydrogens is 366 g/mol. The van der Waals surface area contributed by atoms with Gasteiger partial charge in [0.2, 0.25) is 0 Å². The van der Waals surface area contributed by atoms with Gasteiger partial charge in [-0.2, -0.15) is 5.10 Å². The van der Waals surface area contributed by atoms with E-state index in [1.807, 2.05) is 61.6 Å². The average Bonchev–Trinajstić information content (AvgIpc) is 3.17. The molecule has 6 heteroatoms. The van der Waals surface area contributed by atoms with Crippen molar-refractivity contribution in [2.24, 2.45) is 0 Å². The van der Waals surface area contributed by atoms with Crippen molar-refractivity contribution in [2.75, 3.05) is 21.3 Å². The van der Waals surface area contributed by atoms with Gasteiger partial charge in [0, 0.05) is 31.8 Å². The number of ether oxygens (including phenoxy) is 2. The normalized spacial score (nSPS) is 10.6. The summed E-state index contributed by atoms with van der Waals surface area (Å²) in [6.45, 7) is 3.27. The van der Waals surface area contributed by atoms with Crippen LogP contribution in [-0.4, -0.2) is 41.9 Å². The van der Waals surface area contributed by atoms with Gasteiger partial charge in [-0.25, -0.2) is 0 Å². The first-order chi connectivity index (χ1) is 14.1. The van der Waals surface area contributed by atoms with Crippen molar-refractivity contribution in [3.05, 3.63) is 65.9 Å². The Bertz CT molecular complexity index is 967. The lowest BCUT2D eigenvalue weighted by Gasteiger charge is -2.17. The Labute approximate surface area is 171 Å². The third-order valence-corrected chi connectivity index (χ3v) is 4.73. The van der Waals surface area contributed by atoms with Gasteiger partial charge in [0.15, 0.2) is 0 Å². The number of aryl methyl sites for hydroxylation is 1. The molecule has 0 bridgehead atoms. The van der Waals surface area contributed by atoms with Gasteiger partial charge in [-0.05, 0) is 30.2 Å². The van der Waals surface area contributed by atoms with E-state index in [2.05, 4.69) is 6.92 Å². The number of hydrogen-bond donors (Lipinski definition) is 0. The molecule has 0 fully saturated rings. The van der Waals surface area contributed by atoms with Gasteiger partial charge in [-0.1, -0.05) is 37.3 Å². The van der Waals surface area contributed by atoms with E-state index in [4.69, 9.17) is 14.6 Å². The molecule has 0 aliphatic rings. The second kappa shape index (κ2) is 9.28. The monoisotopic (exact) mass is 393 g/mol. The van der Waals surface area contributed by atoms with Crippen molar-refractivity contribution < 1.29 is 14.3 Å². The molecule has 0 atom stereocenters. The lowest BCUT2D eigenvalue weighted by Crippen LogP contribution is -2.28. The summed E-state index contributed by atoms with van der Waals surface area (Å²) in [5, 5.41) is 4.69. The van der Waals surface area contributed by atoms with Gasteiger partial charge in [0.25, 0.3) is 5.91 Å². The number of carbonyl (C=O) groups is 1. The smallest absolute Gasteiger partial charge is 0.272 e. The van der Waals surface area contributed by atoms with Gasteiger partial charge in [0.05, 0.1) is 19.9 Å². The fourth-order valence-electron chi connectivity index (χ4n) is 3.24. The summed E-state index contributed by atoms with van der Waals surface area (Å²) in [4.78, 5) is 14.9. The van der Waals surface area contributed by atoms with Gasteiger partial charge >= 0.3 is 0 Å². The van der Waals surface area contributed by atoms with Crippen LogP contribution in [0.3, 0.4) is 0 Å². The Morgan fingerprint density at radius 1 is 1.07 bits per heavy atom. The number of nitrogens with zero attached hydrogens (tertiary/aromatic N) is 3. The Hall–Kier alpha value is -3.28. The van der Waals surface area contributed by atoms with Crippen LogP contribution in [0.5, 0.6) is 11.5 Å². The first-order valence-electron chi connectivity index (χ1n) is 9.67. The van der Waals surface area contributed by atoms with E-state index in [0.717, 1.165) is 17.5 Å². The SMILES string of the molecule is CCCn1nc(-c2ccc(OC)cc2OC)cc1C(=O)N(C)Cc1ccccc1. The molecule has 152 valence electrons. The van der Waals surface area contributed by atoms with Crippen LogP contribution >= 0.6 is 0 Å². The lowest BCUT2D eigenvalue weighted by molar-refractivity contribution is 0.0772. The summed E-state index contributed by atoms with van der Waals surface area (Å²) in [7, 11) is 5.04. The third kappa shape index (κ3) is 4.59. The molecule has 0 radical (unpaired) electrons. The fourth-order valence-corrected chi connectivity index (χ4v) is 3.24. The number of carbonyl (C=O) groups excluding carboxylic acids is 1. The number of rotatable bonds is 8.